The molecule has 0 atom stereocenters. The molecule has 0 bridgehead atoms. The minimum absolute atomic E-state index is 0.254. The molecule has 0 fully saturated rings. The average Bonchev–Trinajstić information content (AvgIpc) is 2.18. The van der Waals surface area contributed by atoms with Gasteiger partial charge in [-0.1, -0.05) is 0 Å². The number of hydrogen-bond donors (Lipinski definition) is 0. The first kappa shape index (κ1) is 11.8. The van der Waals surface area contributed by atoms with Crippen molar-refractivity contribution in [3.05, 3.63) is 24.3 Å². The van der Waals surface area contributed by atoms with E-state index >= 15 is 0 Å². The molecule has 0 saturated heterocycles. The van der Waals surface area contributed by atoms with Crippen LogP contribution in [0, 0.1) is 0 Å². The lowest BCUT2D eigenvalue weighted by Gasteiger charge is -2.11. The van der Waals surface area contributed by atoms with Gasteiger partial charge in [-0.25, -0.2) is 0 Å². The summed E-state index contributed by atoms with van der Waals surface area (Å²) in [5.41, 5.74) is 0. The molecule has 0 heterocycles. The molecular weight excluding hydrogens is 218 g/mol. The molecular formula is C9H13NO4S. The highest BCUT2D eigenvalue weighted by molar-refractivity contribution is 7.84. The first-order chi connectivity index (χ1) is 6.95. The Kier molecular flexibility index (Phi) is 3.54. The Balaban J connectivity index is 2.82. The van der Waals surface area contributed by atoms with Gasteiger partial charge in [0.15, 0.2) is 0 Å². The van der Waals surface area contributed by atoms with E-state index < -0.39 is 10.3 Å². The fourth-order valence-corrected chi connectivity index (χ4v) is 1.33. The molecule has 0 aromatic heterocycles. The number of nitrogens with zero attached hydrogens (tertiary/aromatic N) is 1. The summed E-state index contributed by atoms with van der Waals surface area (Å²) >= 11 is 0. The van der Waals surface area contributed by atoms with Gasteiger partial charge in [0.1, 0.15) is 11.5 Å². The smallest absolute Gasteiger partial charge is 0.384 e. The van der Waals surface area contributed by atoms with Crippen LogP contribution in [0.25, 0.3) is 0 Å². The number of hydrogen-bond acceptors (Lipinski definition) is 4. The van der Waals surface area contributed by atoms with E-state index in [9.17, 15) is 8.42 Å². The van der Waals surface area contributed by atoms with Crippen LogP contribution in [-0.2, 0) is 10.3 Å². The lowest BCUT2D eigenvalue weighted by atomic mass is 10.3. The van der Waals surface area contributed by atoms with Crippen LogP contribution in [0.15, 0.2) is 24.3 Å². The van der Waals surface area contributed by atoms with E-state index in [4.69, 9.17) is 8.92 Å². The molecule has 6 heteroatoms. The molecule has 84 valence electrons. The maximum atomic E-state index is 11.3. The van der Waals surface area contributed by atoms with Crippen molar-refractivity contribution in [2.75, 3.05) is 21.2 Å². The highest BCUT2D eigenvalue weighted by Gasteiger charge is 2.15. The Morgan fingerprint density at radius 1 is 1.07 bits per heavy atom. The van der Waals surface area contributed by atoms with Crippen molar-refractivity contribution in [1.82, 2.24) is 4.31 Å². The number of rotatable bonds is 4. The number of ether oxygens (including phenoxy) is 1. The normalized spacial score (nSPS) is 11.5. The average molecular weight is 231 g/mol. The summed E-state index contributed by atoms with van der Waals surface area (Å²) in [5, 5.41) is 0. The molecule has 0 aliphatic rings. The van der Waals surface area contributed by atoms with Gasteiger partial charge in [0.25, 0.3) is 0 Å². The molecule has 0 saturated carbocycles. The standard InChI is InChI=1S/C9H13NO4S/c1-10(2)15(11,12)14-9-6-4-8(13-3)5-7-9/h4-7H,1-3H3. The van der Waals surface area contributed by atoms with E-state index in [0.29, 0.717) is 5.75 Å². The zero-order chi connectivity index (χ0) is 11.5. The van der Waals surface area contributed by atoms with Crippen LogP contribution in [0.3, 0.4) is 0 Å². The second kappa shape index (κ2) is 4.50. The molecule has 5 nitrogen and oxygen atoms in total. The molecule has 0 unspecified atom stereocenters. The van der Waals surface area contributed by atoms with Crippen molar-refractivity contribution < 1.29 is 17.3 Å². The zero-order valence-corrected chi connectivity index (χ0v) is 9.61. The third kappa shape index (κ3) is 3.10. The second-order valence-electron chi connectivity index (χ2n) is 3.00. The van der Waals surface area contributed by atoms with E-state index in [1.807, 2.05) is 0 Å². The quantitative estimate of drug-likeness (QED) is 0.772. The van der Waals surface area contributed by atoms with Crippen LogP contribution in [0.4, 0.5) is 0 Å². The molecule has 0 aliphatic heterocycles. The maximum Gasteiger partial charge on any atom is 0.384 e. The molecule has 1 rings (SSSR count). The van der Waals surface area contributed by atoms with Crippen LogP contribution in [0.2, 0.25) is 0 Å². The fraction of sp³-hybridized carbons (Fsp3) is 0.333. The predicted octanol–water partition coefficient (Wildman–Crippen LogP) is 0.880. The summed E-state index contributed by atoms with van der Waals surface area (Å²) in [5.74, 6) is 0.897. The molecule has 15 heavy (non-hydrogen) atoms. The summed E-state index contributed by atoms with van der Waals surface area (Å²) in [6, 6.07) is 6.31. The summed E-state index contributed by atoms with van der Waals surface area (Å²) in [4.78, 5) is 0. The van der Waals surface area contributed by atoms with Crippen LogP contribution in [0.1, 0.15) is 0 Å². The van der Waals surface area contributed by atoms with Gasteiger partial charge in [0, 0.05) is 14.1 Å². The molecule has 0 spiro atoms. The maximum absolute atomic E-state index is 11.3. The third-order valence-corrected chi connectivity index (χ3v) is 3.01. The monoisotopic (exact) mass is 231 g/mol. The summed E-state index contributed by atoms with van der Waals surface area (Å²) in [7, 11) is 0.659. The van der Waals surface area contributed by atoms with Gasteiger partial charge in [-0.05, 0) is 24.3 Å². The zero-order valence-electron chi connectivity index (χ0n) is 8.80. The molecule has 0 N–H and O–H groups in total. The highest BCUT2D eigenvalue weighted by Crippen LogP contribution is 2.18. The Bertz CT molecular complexity index is 410. The predicted molar refractivity (Wildman–Crippen MR) is 56.2 cm³/mol. The van der Waals surface area contributed by atoms with Crippen LogP contribution < -0.4 is 8.92 Å². The summed E-state index contributed by atoms with van der Waals surface area (Å²) in [6.45, 7) is 0. The topological polar surface area (TPSA) is 55.8 Å². The highest BCUT2D eigenvalue weighted by atomic mass is 32.2. The number of benzene rings is 1. The molecule has 0 radical (unpaired) electrons. The Morgan fingerprint density at radius 3 is 1.93 bits per heavy atom. The lowest BCUT2D eigenvalue weighted by molar-refractivity contribution is 0.409. The van der Waals surface area contributed by atoms with Gasteiger partial charge in [0.05, 0.1) is 7.11 Å². The van der Waals surface area contributed by atoms with Crippen LogP contribution >= 0.6 is 0 Å². The Hall–Kier alpha value is -1.27. The van der Waals surface area contributed by atoms with E-state index in [1.54, 1.807) is 12.1 Å². The van der Waals surface area contributed by atoms with Crippen LogP contribution in [-0.4, -0.2) is 33.9 Å². The van der Waals surface area contributed by atoms with Gasteiger partial charge >= 0.3 is 10.3 Å². The molecule has 0 aliphatic carbocycles. The third-order valence-electron chi connectivity index (χ3n) is 1.71. The van der Waals surface area contributed by atoms with E-state index in [2.05, 4.69) is 0 Å². The van der Waals surface area contributed by atoms with Gasteiger partial charge < -0.3 is 8.92 Å². The van der Waals surface area contributed by atoms with E-state index in [0.717, 1.165) is 4.31 Å². The van der Waals surface area contributed by atoms with Gasteiger partial charge in [-0.2, -0.15) is 12.7 Å². The van der Waals surface area contributed by atoms with Crippen molar-refractivity contribution >= 4 is 10.3 Å². The SMILES string of the molecule is COc1ccc(OS(=O)(=O)N(C)C)cc1. The molecule has 1 aromatic carbocycles. The Labute approximate surface area is 89.5 Å². The molecule has 1 aromatic rings. The largest absolute Gasteiger partial charge is 0.497 e. The molecule has 0 amide bonds. The Morgan fingerprint density at radius 2 is 1.53 bits per heavy atom. The van der Waals surface area contributed by atoms with Gasteiger partial charge in [-0.15, -0.1) is 0 Å². The first-order valence-corrected chi connectivity index (χ1v) is 5.58. The summed E-state index contributed by atoms with van der Waals surface area (Å²) in [6.07, 6.45) is 0. The minimum atomic E-state index is -3.68. The first-order valence-electron chi connectivity index (χ1n) is 4.21. The van der Waals surface area contributed by atoms with E-state index in [-0.39, 0.29) is 5.75 Å². The fourth-order valence-electron chi connectivity index (χ4n) is 0.827. The second-order valence-corrected chi connectivity index (χ2v) is 4.75. The van der Waals surface area contributed by atoms with Crippen molar-refractivity contribution in [2.45, 2.75) is 0 Å². The lowest BCUT2D eigenvalue weighted by Crippen LogP contribution is -2.26. The van der Waals surface area contributed by atoms with Crippen LogP contribution in [0.5, 0.6) is 11.5 Å². The van der Waals surface area contributed by atoms with E-state index in [1.165, 1.54) is 33.3 Å². The van der Waals surface area contributed by atoms with Crippen molar-refractivity contribution in [2.24, 2.45) is 0 Å². The van der Waals surface area contributed by atoms with Crippen molar-refractivity contribution in [1.29, 1.82) is 0 Å². The number of methoxy groups -OCH3 is 1. The van der Waals surface area contributed by atoms with Crippen molar-refractivity contribution in [3.63, 3.8) is 0 Å². The minimum Gasteiger partial charge on any atom is -0.497 e. The van der Waals surface area contributed by atoms with Gasteiger partial charge in [-0.3, -0.25) is 0 Å². The van der Waals surface area contributed by atoms with Crippen molar-refractivity contribution in [3.8, 4) is 11.5 Å². The summed E-state index contributed by atoms with van der Waals surface area (Å²) < 4.78 is 33.4. The van der Waals surface area contributed by atoms with Gasteiger partial charge in [0.2, 0.25) is 0 Å².